The normalized spacial score (nSPS) is 22.4. The van der Waals surface area contributed by atoms with Gasteiger partial charge in [-0.15, -0.1) is 0 Å². The molecule has 1 heteroatoms. The second kappa shape index (κ2) is 5.09. The van der Waals surface area contributed by atoms with Gasteiger partial charge in [-0.25, -0.2) is 0 Å². The average molecular weight is 262 g/mol. The van der Waals surface area contributed by atoms with Gasteiger partial charge < -0.3 is 0 Å². The van der Waals surface area contributed by atoms with Crippen LogP contribution in [-0.4, -0.2) is 5.78 Å². The van der Waals surface area contributed by atoms with E-state index in [-0.39, 0.29) is 17.6 Å². The van der Waals surface area contributed by atoms with Crippen LogP contribution < -0.4 is 0 Å². The summed E-state index contributed by atoms with van der Waals surface area (Å²) < 4.78 is 0. The van der Waals surface area contributed by atoms with Gasteiger partial charge in [0.1, 0.15) is 0 Å². The molecule has 0 heterocycles. The van der Waals surface area contributed by atoms with Crippen LogP contribution in [0, 0.1) is 5.92 Å². The molecule has 0 aliphatic heterocycles. The number of allylic oxidation sites excluding steroid dienone is 2. The second-order valence-corrected chi connectivity index (χ2v) is 5.45. The number of carbonyl (C=O) groups is 1. The van der Waals surface area contributed by atoms with Crippen molar-refractivity contribution in [3.8, 4) is 0 Å². The van der Waals surface area contributed by atoms with Crippen molar-refractivity contribution in [1.29, 1.82) is 0 Å². The van der Waals surface area contributed by atoms with Crippen molar-refractivity contribution in [2.45, 2.75) is 19.8 Å². The third-order valence-corrected chi connectivity index (χ3v) is 4.24. The standard InChI is InChI=1S/C19H18O/c1-13-17(15-9-5-3-6-10-15)18(14(2)19(13)20)16-11-7-4-8-12-16/h3-13,17H,1-2H3/t13-,17-/m0/s1. The SMILES string of the molecule is CC1=C(c2ccccc2)[C@H](c2ccccc2)[C@H](C)C1=O. The molecule has 1 aliphatic carbocycles. The fraction of sp³-hybridized carbons (Fsp3) is 0.211. The summed E-state index contributed by atoms with van der Waals surface area (Å²) in [6.45, 7) is 4.00. The Morgan fingerprint density at radius 2 is 1.40 bits per heavy atom. The highest BCUT2D eigenvalue weighted by atomic mass is 16.1. The molecular formula is C19H18O. The van der Waals surface area contributed by atoms with E-state index in [2.05, 4.69) is 24.3 Å². The Bertz CT molecular complexity index is 653. The lowest BCUT2D eigenvalue weighted by atomic mass is 9.83. The molecule has 0 aromatic heterocycles. The zero-order valence-corrected chi connectivity index (χ0v) is 11.8. The predicted molar refractivity (Wildman–Crippen MR) is 82.4 cm³/mol. The fourth-order valence-electron chi connectivity index (χ4n) is 3.24. The molecule has 3 rings (SSSR count). The molecule has 0 bridgehead atoms. The van der Waals surface area contributed by atoms with Gasteiger partial charge in [-0.2, -0.15) is 0 Å². The maximum absolute atomic E-state index is 12.4. The van der Waals surface area contributed by atoms with Crippen LogP contribution in [0.25, 0.3) is 5.57 Å². The molecular weight excluding hydrogens is 244 g/mol. The van der Waals surface area contributed by atoms with Crippen molar-refractivity contribution < 1.29 is 4.79 Å². The highest BCUT2D eigenvalue weighted by Gasteiger charge is 2.38. The number of hydrogen-bond acceptors (Lipinski definition) is 1. The first-order valence-electron chi connectivity index (χ1n) is 7.05. The Morgan fingerprint density at radius 1 is 0.850 bits per heavy atom. The minimum absolute atomic E-state index is 0.0209. The van der Waals surface area contributed by atoms with E-state index < -0.39 is 0 Å². The van der Waals surface area contributed by atoms with E-state index in [1.165, 1.54) is 11.1 Å². The second-order valence-electron chi connectivity index (χ2n) is 5.45. The zero-order chi connectivity index (χ0) is 14.1. The maximum Gasteiger partial charge on any atom is 0.162 e. The summed E-state index contributed by atoms with van der Waals surface area (Å²) in [6, 6.07) is 20.6. The van der Waals surface area contributed by atoms with E-state index >= 15 is 0 Å². The van der Waals surface area contributed by atoms with Crippen LogP contribution in [0.5, 0.6) is 0 Å². The third kappa shape index (κ3) is 2.00. The van der Waals surface area contributed by atoms with Crippen molar-refractivity contribution in [1.82, 2.24) is 0 Å². The average Bonchev–Trinajstić information content (AvgIpc) is 2.73. The van der Waals surface area contributed by atoms with E-state index in [0.29, 0.717) is 0 Å². The highest BCUT2D eigenvalue weighted by molar-refractivity contribution is 6.10. The van der Waals surface area contributed by atoms with Gasteiger partial charge in [-0.1, -0.05) is 67.6 Å². The first-order valence-corrected chi connectivity index (χ1v) is 7.05. The van der Waals surface area contributed by atoms with Crippen molar-refractivity contribution >= 4 is 11.4 Å². The maximum atomic E-state index is 12.4. The van der Waals surface area contributed by atoms with Crippen molar-refractivity contribution in [3.63, 3.8) is 0 Å². The molecule has 2 aromatic carbocycles. The molecule has 0 saturated carbocycles. The number of ketones is 1. The zero-order valence-electron chi connectivity index (χ0n) is 11.8. The Labute approximate surface area is 120 Å². The lowest BCUT2D eigenvalue weighted by molar-refractivity contribution is -0.118. The summed E-state index contributed by atoms with van der Waals surface area (Å²) in [7, 11) is 0. The summed E-state index contributed by atoms with van der Waals surface area (Å²) >= 11 is 0. The molecule has 0 radical (unpaired) electrons. The first kappa shape index (κ1) is 12.9. The van der Waals surface area contributed by atoms with Crippen molar-refractivity contribution in [2.24, 2.45) is 5.92 Å². The highest BCUT2D eigenvalue weighted by Crippen LogP contribution is 2.46. The minimum Gasteiger partial charge on any atom is -0.294 e. The van der Waals surface area contributed by atoms with Gasteiger partial charge in [0.25, 0.3) is 0 Å². The number of carbonyl (C=O) groups excluding carboxylic acids is 1. The number of rotatable bonds is 2. The molecule has 0 amide bonds. The van der Waals surface area contributed by atoms with Crippen LogP contribution >= 0.6 is 0 Å². The molecule has 0 saturated heterocycles. The van der Waals surface area contributed by atoms with E-state index in [9.17, 15) is 4.79 Å². The number of benzene rings is 2. The van der Waals surface area contributed by atoms with E-state index in [4.69, 9.17) is 0 Å². The first-order chi connectivity index (χ1) is 9.70. The van der Waals surface area contributed by atoms with Crippen molar-refractivity contribution in [2.75, 3.05) is 0 Å². The molecule has 0 unspecified atom stereocenters. The van der Waals surface area contributed by atoms with Gasteiger partial charge in [-0.3, -0.25) is 4.79 Å². The van der Waals surface area contributed by atoms with Gasteiger partial charge >= 0.3 is 0 Å². The topological polar surface area (TPSA) is 17.1 Å². The summed E-state index contributed by atoms with van der Waals surface area (Å²) in [5.41, 5.74) is 4.49. The molecule has 0 N–H and O–H groups in total. The lowest BCUT2D eigenvalue weighted by Gasteiger charge is -2.20. The Kier molecular flexibility index (Phi) is 3.27. The van der Waals surface area contributed by atoms with Crippen LogP contribution in [0.4, 0.5) is 0 Å². The summed E-state index contributed by atoms with van der Waals surface area (Å²) in [6.07, 6.45) is 0. The van der Waals surface area contributed by atoms with E-state index in [1.807, 2.05) is 50.2 Å². The van der Waals surface area contributed by atoms with Crippen LogP contribution in [0.2, 0.25) is 0 Å². The largest absolute Gasteiger partial charge is 0.294 e. The Hall–Kier alpha value is -2.15. The van der Waals surface area contributed by atoms with Crippen LogP contribution in [-0.2, 0) is 4.79 Å². The molecule has 1 nitrogen and oxygen atoms in total. The van der Waals surface area contributed by atoms with E-state index in [0.717, 1.165) is 11.1 Å². The monoisotopic (exact) mass is 262 g/mol. The van der Waals surface area contributed by atoms with Gasteiger partial charge in [0.15, 0.2) is 5.78 Å². The smallest absolute Gasteiger partial charge is 0.162 e. The molecule has 0 spiro atoms. The number of hydrogen-bond donors (Lipinski definition) is 0. The van der Waals surface area contributed by atoms with E-state index in [1.54, 1.807) is 0 Å². The molecule has 20 heavy (non-hydrogen) atoms. The lowest BCUT2D eigenvalue weighted by Crippen LogP contribution is -2.12. The van der Waals surface area contributed by atoms with Gasteiger partial charge in [0, 0.05) is 11.8 Å². The third-order valence-electron chi connectivity index (χ3n) is 4.24. The van der Waals surface area contributed by atoms with Gasteiger partial charge in [0.05, 0.1) is 0 Å². The Morgan fingerprint density at radius 3 is 2.00 bits per heavy atom. The van der Waals surface area contributed by atoms with Gasteiger partial charge in [-0.05, 0) is 29.2 Å². The fourth-order valence-corrected chi connectivity index (χ4v) is 3.24. The van der Waals surface area contributed by atoms with Crippen LogP contribution in [0.1, 0.15) is 30.9 Å². The predicted octanol–water partition coefficient (Wildman–Crippen LogP) is 4.46. The van der Waals surface area contributed by atoms with Crippen LogP contribution in [0.3, 0.4) is 0 Å². The molecule has 0 fully saturated rings. The number of Topliss-reactive ketones (excluding diaryl/α,β-unsaturated/α-hetero) is 1. The molecule has 100 valence electrons. The minimum atomic E-state index is 0.0209. The van der Waals surface area contributed by atoms with Crippen molar-refractivity contribution in [3.05, 3.63) is 77.4 Å². The summed E-state index contributed by atoms with van der Waals surface area (Å²) in [5, 5.41) is 0. The molecule has 1 aliphatic rings. The summed E-state index contributed by atoms with van der Waals surface area (Å²) in [4.78, 5) is 12.4. The van der Waals surface area contributed by atoms with Crippen LogP contribution in [0.15, 0.2) is 66.2 Å². The molecule has 2 atom stereocenters. The molecule has 2 aromatic rings. The summed E-state index contributed by atoms with van der Waals surface area (Å²) in [5.74, 6) is 0.469. The Balaban J connectivity index is 2.15. The quantitative estimate of drug-likeness (QED) is 0.780. The van der Waals surface area contributed by atoms with Gasteiger partial charge in [0.2, 0.25) is 0 Å².